The third kappa shape index (κ3) is 3.91. The van der Waals surface area contributed by atoms with E-state index in [0.29, 0.717) is 6.61 Å². The number of rotatable bonds is 6. The van der Waals surface area contributed by atoms with E-state index in [1.165, 1.54) is 21.9 Å². The maximum Gasteiger partial charge on any atom is 0.119 e. The molecule has 23 heavy (non-hydrogen) atoms. The van der Waals surface area contributed by atoms with Gasteiger partial charge in [-0.1, -0.05) is 54.6 Å². The summed E-state index contributed by atoms with van der Waals surface area (Å²) in [6.07, 6.45) is 0.916. The van der Waals surface area contributed by atoms with Crippen molar-refractivity contribution in [2.45, 2.75) is 13.0 Å². The van der Waals surface area contributed by atoms with Crippen LogP contribution in [-0.2, 0) is 13.0 Å². The number of para-hydroxylation sites is 1. The standard InChI is InChI=1S/C21H23NO/c1-22(2)16-18-13-12-17-8-6-7-11-20(17)21(18)14-15-23-19-9-4-3-5-10-19/h3-13H,14-16H2,1-2H3. The van der Waals surface area contributed by atoms with E-state index in [1.807, 2.05) is 30.3 Å². The number of hydrogen-bond donors (Lipinski definition) is 0. The Morgan fingerprint density at radius 2 is 1.57 bits per heavy atom. The summed E-state index contributed by atoms with van der Waals surface area (Å²) in [6.45, 7) is 1.64. The predicted octanol–water partition coefficient (Wildman–Crippen LogP) is 4.52. The minimum atomic E-state index is 0.693. The van der Waals surface area contributed by atoms with E-state index in [-0.39, 0.29) is 0 Å². The molecule has 0 aliphatic heterocycles. The quantitative estimate of drug-likeness (QED) is 0.664. The van der Waals surface area contributed by atoms with Gasteiger partial charge < -0.3 is 9.64 Å². The van der Waals surface area contributed by atoms with Crippen molar-refractivity contribution in [2.24, 2.45) is 0 Å². The zero-order valence-corrected chi connectivity index (χ0v) is 13.8. The van der Waals surface area contributed by atoms with E-state index in [0.717, 1.165) is 18.7 Å². The SMILES string of the molecule is CN(C)Cc1ccc2ccccc2c1CCOc1ccccc1. The lowest BCUT2D eigenvalue weighted by Crippen LogP contribution is -2.13. The molecule has 3 aromatic rings. The van der Waals surface area contributed by atoms with Gasteiger partial charge in [-0.15, -0.1) is 0 Å². The highest BCUT2D eigenvalue weighted by Crippen LogP contribution is 2.24. The summed E-state index contributed by atoms with van der Waals surface area (Å²) in [7, 11) is 4.22. The highest BCUT2D eigenvalue weighted by molar-refractivity contribution is 5.86. The second-order valence-electron chi connectivity index (χ2n) is 6.07. The fourth-order valence-electron chi connectivity index (χ4n) is 2.95. The molecule has 0 aliphatic carbocycles. The minimum Gasteiger partial charge on any atom is -0.493 e. The van der Waals surface area contributed by atoms with Crippen molar-refractivity contribution in [1.82, 2.24) is 4.90 Å². The highest BCUT2D eigenvalue weighted by atomic mass is 16.5. The maximum atomic E-state index is 5.91. The molecule has 3 rings (SSSR count). The van der Waals surface area contributed by atoms with Crippen molar-refractivity contribution in [2.75, 3.05) is 20.7 Å². The van der Waals surface area contributed by atoms with Gasteiger partial charge in [-0.05, 0) is 48.1 Å². The highest BCUT2D eigenvalue weighted by Gasteiger charge is 2.09. The van der Waals surface area contributed by atoms with Gasteiger partial charge in [0.05, 0.1) is 6.61 Å². The second kappa shape index (κ2) is 7.30. The van der Waals surface area contributed by atoms with E-state index < -0.39 is 0 Å². The first-order valence-corrected chi connectivity index (χ1v) is 8.06. The van der Waals surface area contributed by atoms with Crippen LogP contribution in [0.5, 0.6) is 5.75 Å². The lowest BCUT2D eigenvalue weighted by atomic mass is 9.96. The lowest BCUT2D eigenvalue weighted by Gasteiger charge is -2.17. The monoisotopic (exact) mass is 305 g/mol. The summed E-state index contributed by atoms with van der Waals surface area (Å²) in [6, 6.07) is 23.1. The third-order valence-corrected chi connectivity index (χ3v) is 3.99. The van der Waals surface area contributed by atoms with Crippen LogP contribution < -0.4 is 4.74 Å². The first kappa shape index (κ1) is 15.6. The molecule has 0 unspecified atom stereocenters. The number of ether oxygens (including phenoxy) is 1. The molecule has 0 bridgehead atoms. The van der Waals surface area contributed by atoms with Crippen molar-refractivity contribution >= 4 is 10.8 Å². The topological polar surface area (TPSA) is 12.5 Å². The van der Waals surface area contributed by atoms with Crippen LogP contribution in [0.15, 0.2) is 66.7 Å². The van der Waals surface area contributed by atoms with Crippen LogP contribution in [0.25, 0.3) is 10.8 Å². The van der Waals surface area contributed by atoms with Crippen molar-refractivity contribution in [1.29, 1.82) is 0 Å². The predicted molar refractivity (Wildman–Crippen MR) is 97.0 cm³/mol. The van der Waals surface area contributed by atoms with Crippen LogP contribution in [0.4, 0.5) is 0 Å². The summed E-state index contributed by atoms with van der Waals surface area (Å²) in [5, 5.41) is 2.63. The molecule has 0 atom stereocenters. The average molecular weight is 305 g/mol. The van der Waals surface area contributed by atoms with E-state index in [9.17, 15) is 0 Å². The second-order valence-corrected chi connectivity index (χ2v) is 6.07. The molecule has 3 aromatic carbocycles. The molecule has 0 heterocycles. The van der Waals surface area contributed by atoms with Crippen molar-refractivity contribution in [3.05, 3.63) is 77.9 Å². The smallest absolute Gasteiger partial charge is 0.119 e. The Bertz CT molecular complexity index is 765. The van der Waals surface area contributed by atoms with E-state index in [2.05, 4.69) is 55.4 Å². The Morgan fingerprint density at radius 1 is 0.826 bits per heavy atom. The van der Waals surface area contributed by atoms with Gasteiger partial charge in [-0.3, -0.25) is 0 Å². The molecule has 118 valence electrons. The zero-order chi connectivity index (χ0) is 16.1. The first-order chi connectivity index (χ1) is 11.2. The molecular weight excluding hydrogens is 282 g/mol. The Balaban J connectivity index is 1.84. The van der Waals surface area contributed by atoms with Crippen molar-refractivity contribution in [3.8, 4) is 5.75 Å². The molecule has 0 aliphatic rings. The first-order valence-electron chi connectivity index (χ1n) is 8.06. The number of nitrogens with zero attached hydrogens (tertiary/aromatic N) is 1. The summed E-state index contributed by atoms with van der Waals surface area (Å²) in [4.78, 5) is 2.21. The van der Waals surface area contributed by atoms with Gasteiger partial charge in [0.25, 0.3) is 0 Å². The van der Waals surface area contributed by atoms with E-state index >= 15 is 0 Å². The normalized spacial score (nSPS) is 11.1. The maximum absolute atomic E-state index is 5.91. The molecule has 0 N–H and O–H groups in total. The Hall–Kier alpha value is -2.32. The number of hydrogen-bond acceptors (Lipinski definition) is 2. The number of benzene rings is 3. The van der Waals surface area contributed by atoms with Crippen LogP contribution >= 0.6 is 0 Å². The van der Waals surface area contributed by atoms with Crippen LogP contribution in [0.3, 0.4) is 0 Å². The third-order valence-electron chi connectivity index (χ3n) is 3.99. The summed E-state index contributed by atoms with van der Waals surface area (Å²) in [5.74, 6) is 0.932. The summed E-state index contributed by atoms with van der Waals surface area (Å²) >= 11 is 0. The fourth-order valence-corrected chi connectivity index (χ4v) is 2.95. The summed E-state index contributed by atoms with van der Waals surface area (Å²) < 4.78 is 5.91. The van der Waals surface area contributed by atoms with Crippen LogP contribution in [0.1, 0.15) is 11.1 Å². The largest absolute Gasteiger partial charge is 0.493 e. The Morgan fingerprint density at radius 3 is 2.35 bits per heavy atom. The fraction of sp³-hybridized carbons (Fsp3) is 0.238. The molecule has 0 aromatic heterocycles. The van der Waals surface area contributed by atoms with Gasteiger partial charge in [0.1, 0.15) is 5.75 Å². The molecule has 2 heteroatoms. The molecular formula is C21H23NO. The van der Waals surface area contributed by atoms with Gasteiger partial charge in [0, 0.05) is 13.0 Å². The molecule has 0 saturated carbocycles. The van der Waals surface area contributed by atoms with Gasteiger partial charge in [-0.2, -0.15) is 0 Å². The Kier molecular flexibility index (Phi) is 4.94. The molecule has 0 radical (unpaired) electrons. The van der Waals surface area contributed by atoms with Gasteiger partial charge in [0.15, 0.2) is 0 Å². The lowest BCUT2D eigenvalue weighted by molar-refractivity contribution is 0.321. The Labute approximate surface area is 138 Å². The molecule has 2 nitrogen and oxygen atoms in total. The zero-order valence-electron chi connectivity index (χ0n) is 13.8. The summed E-state index contributed by atoms with van der Waals surface area (Å²) in [5.41, 5.74) is 2.78. The molecule has 0 fully saturated rings. The molecule has 0 spiro atoms. The molecule has 0 saturated heterocycles. The van der Waals surface area contributed by atoms with Gasteiger partial charge in [0.2, 0.25) is 0 Å². The van der Waals surface area contributed by atoms with Crippen LogP contribution in [0.2, 0.25) is 0 Å². The van der Waals surface area contributed by atoms with Gasteiger partial charge in [-0.25, -0.2) is 0 Å². The number of fused-ring (bicyclic) bond motifs is 1. The van der Waals surface area contributed by atoms with E-state index in [1.54, 1.807) is 0 Å². The van der Waals surface area contributed by atoms with Crippen molar-refractivity contribution in [3.63, 3.8) is 0 Å². The van der Waals surface area contributed by atoms with Crippen LogP contribution in [0, 0.1) is 0 Å². The van der Waals surface area contributed by atoms with E-state index in [4.69, 9.17) is 4.74 Å². The minimum absolute atomic E-state index is 0.693. The van der Waals surface area contributed by atoms with Gasteiger partial charge >= 0.3 is 0 Å². The van der Waals surface area contributed by atoms with Crippen LogP contribution in [-0.4, -0.2) is 25.6 Å². The average Bonchev–Trinajstić information content (AvgIpc) is 2.57. The van der Waals surface area contributed by atoms with Crippen molar-refractivity contribution < 1.29 is 4.74 Å². The molecule has 0 amide bonds.